The molecule has 1 heterocycles. The van der Waals surface area contributed by atoms with Gasteiger partial charge in [-0.15, -0.1) is 0 Å². The Kier molecular flexibility index (Phi) is 3.38. The van der Waals surface area contributed by atoms with Crippen molar-refractivity contribution in [3.05, 3.63) is 30.0 Å². The second-order valence-corrected chi connectivity index (χ2v) is 4.39. The third-order valence-electron chi connectivity index (χ3n) is 3.35. The second-order valence-electron chi connectivity index (χ2n) is 4.39. The van der Waals surface area contributed by atoms with E-state index in [2.05, 4.69) is 36.7 Å². The van der Waals surface area contributed by atoms with Gasteiger partial charge in [0.15, 0.2) is 0 Å². The molecule has 92 valence electrons. The highest BCUT2D eigenvalue weighted by Crippen LogP contribution is 2.30. The SMILES string of the molecule is CCn1cc(C(C)CN)c2ccc(OC)cc21. The molecule has 3 heteroatoms. The van der Waals surface area contributed by atoms with Gasteiger partial charge in [-0.05, 0) is 37.1 Å². The highest BCUT2D eigenvalue weighted by molar-refractivity contribution is 5.85. The van der Waals surface area contributed by atoms with Gasteiger partial charge in [0.05, 0.1) is 12.6 Å². The van der Waals surface area contributed by atoms with E-state index < -0.39 is 0 Å². The van der Waals surface area contributed by atoms with Gasteiger partial charge in [-0.1, -0.05) is 6.92 Å². The molecule has 1 atom stereocenters. The van der Waals surface area contributed by atoms with Crippen LogP contribution >= 0.6 is 0 Å². The Hall–Kier alpha value is -1.48. The van der Waals surface area contributed by atoms with Crippen molar-refractivity contribution in [2.75, 3.05) is 13.7 Å². The van der Waals surface area contributed by atoms with Crippen molar-refractivity contribution in [3.63, 3.8) is 0 Å². The molecule has 1 unspecified atom stereocenters. The molecular formula is C14H20N2O. The number of hydrogen-bond acceptors (Lipinski definition) is 2. The maximum atomic E-state index is 5.77. The average molecular weight is 232 g/mol. The highest BCUT2D eigenvalue weighted by Gasteiger charge is 2.13. The fourth-order valence-corrected chi connectivity index (χ4v) is 2.21. The first-order chi connectivity index (χ1) is 8.21. The highest BCUT2D eigenvalue weighted by atomic mass is 16.5. The zero-order chi connectivity index (χ0) is 12.4. The van der Waals surface area contributed by atoms with Gasteiger partial charge in [0.25, 0.3) is 0 Å². The maximum Gasteiger partial charge on any atom is 0.120 e. The van der Waals surface area contributed by atoms with Gasteiger partial charge in [0, 0.05) is 24.2 Å². The zero-order valence-electron chi connectivity index (χ0n) is 10.7. The van der Waals surface area contributed by atoms with Crippen molar-refractivity contribution >= 4 is 10.9 Å². The van der Waals surface area contributed by atoms with Crippen molar-refractivity contribution in [1.29, 1.82) is 0 Å². The standard InChI is InChI=1S/C14H20N2O/c1-4-16-9-13(10(2)8-15)12-6-5-11(17-3)7-14(12)16/h5-7,9-10H,4,8,15H2,1-3H3. The van der Waals surface area contributed by atoms with Gasteiger partial charge in [-0.2, -0.15) is 0 Å². The number of fused-ring (bicyclic) bond motifs is 1. The summed E-state index contributed by atoms with van der Waals surface area (Å²) in [5.41, 5.74) is 8.32. The first-order valence-electron chi connectivity index (χ1n) is 6.08. The number of ether oxygens (including phenoxy) is 1. The van der Waals surface area contributed by atoms with Gasteiger partial charge in [0.1, 0.15) is 5.75 Å². The fourth-order valence-electron chi connectivity index (χ4n) is 2.21. The minimum atomic E-state index is 0.388. The van der Waals surface area contributed by atoms with E-state index in [1.807, 2.05) is 6.07 Å². The Morgan fingerprint density at radius 2 is 2.18 bits per heavy atom. The molecular weight excluding hydrogens is 212 g/mol. The monoisotopic (exact) mass is 232 g/mol. The Balaban J connectivity index is 2.64. The van der Waals surface area contributed by atoms with Crippen molar-refractivity contribution in [3.8, 4) is 5.75 Å². The van der Waals surface area contributed by atoms with Gasteiger partial charge < -0.3 is 15.0 Å². The summed E-state index contributed by atoms with van der Waals surface area (Å²) in [6.07, 6.45) is 2.21. The number of aryl methyl sites for hydroxylation is 1. The fraction of sp³-hybridized carbons (Fsp3) is 0.429. The van der Waals surface area contributed by atoms with Gasteiger partial charge >= 0.3 is 0 Å². The van der Waals surface area contributed by atoms with E-state index >= 15 is 0 Å². The van der Waals surface area contributed by atoms with Crippen LogP contribution in [0.25, 0.3) is 10.9 Å². The molecule has 3 nitrogen and oxygen atoms in total. The lowest BCUT2D eigenvalue weighted by Gasteiger charge is -2.06. The summed E-state index contributed by atoms with van der Waals surface area (Å²) in [5.74, 6) is 1.29. The molecule has 0 saturated carbocycles. The van der Waals surface area contributed by atoms with Crippen LogP contribution in [0.3, 0.4) is 0 Å². The Morgan fingerprint density at radius 3 is 2.76 bits per heavy atom. The van der Waals surface area contributed by atoms with E-state index in [0.717, 1.165) is 12.3 Å². The molecule has 0 aliphatic carbocycles. The smallest absolute Gasteiger partial charge is 0.120 e. The molecule has 0 aliphatic rings. The lowest BCUT2D eigenvalue weighted by atomic mass is 10.0. The number of methoxy groups -OCH3 is 1. The summed E-state index contributed by atoms with van der Waals surface area (Å²) >= 11 is 0. The van der Waals surface area contributed by atoms with E-state index in [4.69, 9.17) is 10.5 Å². The van der Waals surface area contributed by atoms with E-state index in [-0.39, 0.29) is 0 Å². The predicted octanol–water partition coefficient (Wildman–Crippen LogP) is 2.73. The first-order valence-corrected chi connectivity index (χ1v) is 6.08. The average Bonchev–Trinajstić information content (AvgIpc) is 2.75. The quantitative estimate of drug-likeness (QED) is 0.880. The van der Waals surface area contributed by atoms with Crippen molar-refractivity contribution in [2.45, 2.75) is 26.3 Å². The van der Waals surface area contributed by atoms with E-state index in [1.165, 1.54) is 16.5 Å². The van der Waals surface area contributed by atoms with Crippen LogP contribution in [0.15, 0.2) is 24.4 Å². The summed E-state index contributed by atoms with van der Waals surface area (Å²) in [7, 11) is 1.70. The van der Waals surface area contributed by atoms with E-state index in [9.17, 15) is 0 Å². The van der Waals surface area contributed by atoms with Crippen molar-refractivity contribution in [1.82, 2.24) is 4.57 Å². The van der Waals surface area contributed by atoms with Crippen LogP contribution in [-0.4, -0.2) is 18.2 Å². The van der Waals surface area contributed by atoms with Crippen LogP contribution in [0.2, 0.25) is 0 Å². The first kappa shape index (κ1) is 12.0. The molecule has 0 spiro atoms. The van der Waals surface area contributed by atoms with E-state index in [1.54, 1.807) is 7.11 Å². The minimum Gasteiger partial charge on any atom is -0.497 e. The summed E-state index contributed by atoms with van der Waals surface area (Å²) in [6.45, 7) is 5.95. The molecule has 2 rings (SSSR count). The summed E-state index contributed by atoms with van der Waals surface area (Å²) in [5, 5.41) is 1.28. The van der Waals surface area contributed by atoms with Crippen LogP contribution in [-0.2, 0) is 6.54 Å². The third kappa shape index (κ3) is 2.03. The zero-order valence-corrected chi connectivity index (χ0v) is 10.7. The molecule has 1 aromatic carbocycles. The maximum absolute atomic E-state index is 5.77. The third-order valence-corrected chi connectivity index (χ3v) is 3.35. The molecule has 17 heavy (non-hydrogen) atoms. The van der Waals surface area contributed by atoms with Crippen LogP contribution in [0.1, 0.15) is 25.3 Å². The Bertz CT molecular complexity index is 516. The predicted molar refractivity (Wildman–Crippen MR) is 71.6 cm³/mol. The van der Waals surface area contributed by atoms with Crippen LogP contribution in [0.4, 0.5) is 0 Å². The number of nitrogens with two attached hydrogens (primary N) is 1. The Labute approximate surface area is 102 Å². The lowest BCUT2D eigenvalue weighted by molar-refractivity contribution is 0.415. The van der Waals surface area contributed by atoms with Crippen molar-refractivity contribution < 1.29 is 4.74 Å². The van der Waals surface area contributed by atoms with Crippen LogP contribution < -0.4 is 10.5 Å². The minimum absolute atomic E-state index is 0.388. The molecule has 2 N–H and O–H groups in total. The molecule has 0 saturated heterocycles. The van der Waals surface area contributed by atoms with Crippen LogP contribution in [0, 0.1) is 0 Å². The van der Waals surface area contributed by atoms with Gasteiger partial charge in [0.2, 0.25) is 0 Å². The van der Waals surface area contributed by atoms with E-state index in [0.29, 0.717) is 12.5 Å². The van der Waals surface area contributed by atoms with Crippen molar-refractivity contribution in [2.24, 2.45) is 5.73 Å². The second kappa shape index (κ2) is 4.80. The molecule has 0 radical (unpaired) electrons. The number of nitrogens with zero attached hydrogens (tertiary/aromatic N) is 1. The molecule has 0 aliphatic heterocycles. The molecule has 2 aromatic rings. The Morgan fingerprint density at radius 1 is 1.41 bits per heavy atom. The molecule has 0 bridgehead atoms. The van der Waals surface area contributed by atoms with Crippen LogP contribution in [0.5, 0.6) is 5.75 Å². The van der Waals surface area contributed by atoms with Gasteiger partial charge in [-0.3, -0.25) is 0 Å². The molecule has 0 amide bonds. The number of rotatable bonds is 4. The summed E-state index contributed by atoms with van der Waals surface area (Å²) < 4.78 is 7.53. The molecule has 1 aromatic heterocycles. The summed E-state index contributed by atoms with van der Waals surface area (Å²) in [6, 6.07) is 6.22. The number of hydrogen-bond donors (Lipinski definition) is 1. The van der Waals surface area contributed by atoms with Gasteiger partial charge in [-0.25, -0.2) is 0 Å². The largest absolute Gasteiger partial charge is 0.497 e. The topological polar surface area (TPSA) is 40.2 Å². The number of benzene rings is 1. The number of aromatic nitrogens is 1. The normalized spacial score (nSPS) is 12.9. The molecule has 0 fully saturated rings. The lowest BCUT2D eigenvalue weighted by Crippen LogP contribution is -2.08. The summed E-state index contributed by atoms with van der Waals surface area (Å²) in [4.78, 5) is 0.